The van der Waals surface area contributed by atoms with E-state index in [9.17, 15) is 0 Å². The molecule has 0 aliphatic heterocycles. The smallest absolute Gasteiger partial charge is 0.121 e. The second-order valence-electron chi connectivity index (χ2n) is 4.99. The molecule has 0 saturated carbocycles. The summed E-state index contributed by atoms with van der Waals surface area (Å²) in [6.07, 6.45) is 0. The molecule has 1 atom stereocenters. The molecule has 2 aromatic heterocycles. The number of thiazole rings is 1. The molecule has 1 aromatic carbocycles. The van der Waals surface area contributed by atoms with E-state index in [1.54, 1.807) is 11.3 Å². The van der Waals surface area contributed by atoms with Crippen LogP contribution in [-0.2, 0) is 6.54 Å². The average Bonchev–Trinajstić information content (AvgIpc) is 2.98. The Labute approximate surface area is 122 Å². The van der Waals surface area contributed by atoms with E-state index in [0.717, 1.165) is 34.1 Å². The fraction of sp³-hybridized carbons (Fsp3) is 0.333. The van der Waals surface area contributed by atoms with Crippen LogP contribution < -0.4 is 5.32 Å². The van der Waals surface area contributed by atoms with E-state index in [2.05, 4.69) is 34.1 Å². The molecular formula is C15H18N4S. The summed E-state index contributed by atoms with van der Waals surface area (Å²) in [5, 5.41) is 4.63. The maximum Gasteiger partial charge on any atom is 0.121 e. The topological polar surface area (TPSA) is 53.6 Å². The van der Waals surface area contributed by atoms with Crippen molar-refractivity contribution in [3.05, 3.63) is 45.7 Å². The molecule has 2 heterocycles. The van der Waals surface area contributed by atoms with Crippen LogP contribution in [0.3, 0.4) is 0 Å². The molecule has 0 amide bonds. The molecule has 4 nitrogen and oxygen atoms in total. The van der Waals surface area contributed by atoms with Gasteiger partial charge in [0.1, 0.15) is 5.82 Å². The first-order chi connectivity index (χ1) is 9.63. The van der Waals surface area contributed by atoms with Crippen LogP contribution in [0, 0.1) is 13.8 Å². The zero-order valence-electron chi connectivity index (χ0n) is 11.9. The molecule has 0 aliphatic carbocycles. The summed E-state index contributed by atoms with van der Waals surface area (Å²) >= 11 is 1.76. The molecule has 5 heteroatoms. The van der Waals surface area contributed by atoms with Crippen LogP contribution in [0.15, 0.2) is 24.3 Å². The first-order valence-corrected chi connectivity index (χ1v) is 7.56. The first-order valence-electron chi connectivity index (χ1n) is 6.74. The minimum Gasteiger partial charge on any atom is -0.341 e. The van der Waals surface area contributed by atoms with Gasteiger partial charge in [0, 0.05) is 10.9 Å². The van der Waals surface area contributed by atoms with Gasteiger partial charge in [-0.15, -0.1) is 11.3 Å². The third-order valence-electron chi connectivity index (χ3n) is 3.35. The van der Waals surface area contributed by atoms with E-state index in [4.69, 9.17) is 0 Å². The van der Waals surface area contributed by atoms with Crippen LogP contribution in [-0.4, -0.2) is 15.0 Å². The number of aryl methyl sites for hydroxylation is 2. The van der Waals surface area contributed by atoms with Crippen LogP contribution in [0.4, 0.5) is 0 Å². The third kappa shape index (κ3) is 2.59. The van der Waals surface area contributed by atoms with Crippen LogP contribution in [0.25, 0.3) is 11.0 Å². The van der Waals surface area contributed by atoms with Gasteiger partial charge in [-0.1, -0.05) is 12.1 Å². The highest BCUT2D eigenvalue weighted by molar-refractivity contribution is 7.11. The predicted octanol–water partition coefficient (Wildman–Crippen LogP) is 3.49. The maximum atomic E-state index is 4.58. The van der Waals surface area contributed by atoms with Crippen LogP contribution in [0.1, 0.15) is 34.4 Å². The van der Waals surface area contributed by atoms with E-state index in [1.807, 2.05) is 31.2 Å². The number of imidazole rings is 1. The predicted molar refractivity (Wildman–Crippen MR) is 82.9 cm³/mol. The van der Waals surface area contributed by atoms with Gasteiger partial charge in [0.15, 0.2) is 0 Å². The van der Waals surface area contributed by atoms with Crippen molar-refractivity contribution in [1.82, 2.24) is 20.3 Å². The Bertz CT molecular complexity index is 695. The Balaban J connectivity index is 1.71. The third-order valence-corrected chi connectivity index (χ3v) is 4.60. The van der Waals surface area contributed by atoms with Gasteiger partial charge < -0.3 is 10.3 Å². The SMILES string of the molecule is Cc1nc(C)c(C(C)NCc2nc3ccccc3[nH]2)s1. The highest BCUT2D eigenvalue weighted by Gasteiger charge is 2.13. The number of hydrogen-bond donors (Lipinski definition) is 2. The van der Waals surface area contributed by atoms with Gasteiger partial charge in [0.05, 0.1) is 28.3 Å². The molecule has 3 aromatic rings. The number of benzene rings is 1. The van der Waals surface area contributed by atoms with E-state index in [0.29, 0.717) is 0 Å². The highest BCUT2D eigenvalue weighted by Crippen LogP contribution is 2.24. The van der Waals surface area contributed by atoms with Crippen molar-refractivity contribution < 1.29 is 0 Å². The number of nitrogens with one attached hydrogen (secondary N) is 2. The van der Waals surface area contributed by atoms with Crippen molar-refractivity contribution in [3.63, 3.8) is 0 Å². The molecule has 0 spiro atoms. The first kappa shape index (κ1) is 13.3. The standard InChI is InChI=1S/C15H18N4S/c1-9(15-10(2)17-11(3)20-15)16-8-14-18-12-6-4-5-7-13(12)19-14/h4-7,9,16H,8H2,1-3H3,(H,18,19). The van der Waals surface area contributed by atoms with Gasteiger partial charge in [-0.25, -0.2) is 9.97 Å². The van der Waals surface area contributed by atoms with Crippen molar-refractivity contribution in [2.45, 2.75) is 33.4 Å². The van der Waals surface area contributed by atoms with Crippen molar-refractivity contribution in [3.8, 4) is 0 Å². The van der Waals surface area contributed by atoms with E-state index in [1.165, 1.54) is 4.88 Å². The van der Waals surface area contributed by atoms with E-state index < -0.39 is 0 Å². The van der Waals surface area contributed by atoms with Gasteiger partial charge >= 0.3 is 0 Å². The Morgan fingerprint density at radius 2 is 2.05 bits per heavy atom. The molecule has 2 N–H and O–H groups in total. The molecule has 1 unspecified atom stereocenters. The van der Waals surface area contributed by atoms with Gasteiger partial charge in [-0.05, 0) is 32.9 Å². The number of aromatic nitrogens is 3. The number of nitrogens with zero attached hydrogens (tertiary/aromatic N) is 2. The van der Waals surface area contributed by atoms with Crippen LogP contribution in [0.2, 0.25) is 0 Å². The Hall–Kier alpha value is -1.72. The average molecular weight is 286 g/mol. The Kier molecular flexibility index (Phi) is 3.54. The number of hydrogen-bond acceptors (Lipinski definition) is 4. The monoisotopic (exact) mass is 286 g/mol. The summed E-state index contributed by atoms with van der Waals surface area (Å²) in [6.45, 7) is 7.01. The molecule has 0 fully saturated rings. The Morgan fingerprint density at radius 1 is 1.25 bits per heavy atom. The number of rotatable bonds is 4. The summed E-state index contributed by atoms with van der Waals surface area (Å²) in [7, 11) is 0. The lowest BCUT2D eigenvalue weighted by molar-refractivity contribution is 0.567. The van der Waals surface area contributed by atoms with Crippen LogP contribution in [0.5, 0.6) is 0 Å². The van der Waals surface area contributed by atoms with Gasteiger partial charge in [0.2, 0.25) is 0 Å². The molecule has 104 valence electrons. The summed E-state index contributed by atoms with van der Waals surface area (Å²) in [5.41, 5.74) is 3.22. The molecule has 3 rings (SSSR count). The fourth-order valence-corrected chi connectivity index (χ4v) is 3.33. The van der Waals surface area contributed by atoms with Gasteiger partial charge in [-0.2, -0.15) is 0 Å². The van der Waals surface area contributed by atoms with Crippen molar-refractivity contribution in [2.24, 2.45) is 0 Å². The lowest BCUT2D eigenvalue weighted by Gasteiger charge is -2.11. The molecule has 0 aliphatic rings. The Morgan fingerprint density at radius 3 is 2.75 bits per heavy atom. The minimum atomic E-state index is 0.286. The number of para-hydroxylation sites is 2. The van der Waals surface area contributed by atoms with Crippen molar-refractivity contribution in [1.29, 1.82) is 0 Å². The summed E-state index contributed by atoms with van der Waals surface area (Å²) in [4.78, 5) is 13.7. The van der Waals surface area contributed by atoms with Crippen LogP contribution >= 0.6 is 11.3 Å². The summed E-state index contributed by atoms with van der Waals surface area (Å²) < 4.78 is 0. The summed E-state index contributed by atoms with van der Waals surface area (Å²) in [5.74, 6) is 0.969. The quantitative estimate of drug-likeness (QED) is 0.772. The number of aromatic amines is 1. The van der Waals surface area contributed by atoms with E-state index >= 15 is 0 Å². The second kappa shape index (κ2) is 5.34. The number of fused-ring (bicyclic) bond motifs is 1. The molecular weight excluding hydrogens is 268 g/mol. The molecule has 20 heavy (non-hydrogen) atoms. The minimum absolute atomic E-state index is 0.286. The van der Waals surface area contributed by atoms with Gasteiger partial charge in [-0.3, -0.25) is 0 Å². The molecule has 0 bridgehead atoms. The zero-order valence-corrected chi connectivity index (χ0v) is 12.7. The second-order valence-corrected chi connectivity index (χ2v) is 6.22. The van der Waals surface area contributed by atoms with Crippen molar-refractivity contribution in [2.75, 3.05) is 0 Å². The van der Waals surface area contributed by atoms with E-state index in [-0.39, 0.29) is 6.04 Å². The summed E-state index contributed by atoms with van der Waals surface area (Å²) in [6, 6.07) is 8.38. The van der Waals surface area contributed by atoms with Gasteiger partial charge in [0.25, 0.3) is 0 Å². The maximum absolute atomic E-state index is 4.58. The van der Waals surface area contributed by atoms with Crippen molar-refractivity contribution >= 4 is 22.4 Å². The number of H-pyrrole nitrogens is 1. The molecule has 0 saturated heterocycles. The normalized spacial score (nSPS) is 12.9. The fourth-order valence-electron chi connectivity index (χ4n) is 2.38. The lowest BCUT2D eigenvalue weighted by Crippen LogP contribution is -2.18. The zero-order chi connectivity index (χ0) is 14.1. The highest BCUT2D eigenvalue weighted by atomic mass is 32.1. The molecule has 0 radical (unpaired) electrons. The largest absolute Gasteiger partial charge is 0.341 e. The lowest BCUT2D eigenvalue weighted by atomic mass is 10.2.